The van der Waals surface area contributed by atoms with Crippen LogP contribution in [0.15, 0.2) is 44.7 Å². The van der Waals surface area contributed by atoms with Crippen molar-refractivity contribution < 1.29 is 9.47 Å². The lowest BCUT2D eigenvalue weighted by molar-refractivity contribution is 0.191. The zero-order chi connectivity index (χ0) is 24.3. The summed E-state index contributed by atoms with van der Waals surface area (Å²) in [7, 11) is 1.56. The minimum absolute atomic E-state index is 0.0356. The Bertz CT molecular complexity index is 1250. The maximum Gasteiger partial charge on any atom is 0.282 e. The summed E-state index contributed by atoms with van der Waals surface area (Å²) >= 11 is 9.76. The molecule has 0 spiro atoms. The van der Waals surface area contributed by atoms with Crippen LogP contribution in [-0.4, -0.2) is 29.6 Å². The molecular weight excluding hydrogens is 506 g/mol. The summed E-state index contributed by atoms with van der Waals surface area (Å²) in [5.41, 5.74) is 0.956. The lowest BCUT2D eigenvalue weighted by Gasteiger charge is -2.21. The van der Waals surface area contributed by atoms with E-state index >= 15 is 0 Å². The topological polar surface area (TPSA) is 65.7 Å². The van der Waals surface area contributed by atoms with Crippen molar-refractivity contribution in [3.8, 4) is 11.5 Å². The molecule has 0 saturated carbocycles. The number of ether oxygens (including phenoxy) is 2. The summed E-state index contributed by atoms with van der Waals surface area (Å²) in [6, 6.07) is 8.91. The van der Waals surface area contributed by atoms with Gasteiger partial charge in [0.2, 0.25) is 0 Å². The summed E-state index contributed by atoms with van der Waals surface area (Å²) in [5.74, 6) is 1.66. The molecule has 0 aliphatic carbocycles. The number of nitrogens with zero attached hydrogens (tertiary/aromatic N) is 3. The van der Waals surface area contributed by atoms with E-state index in [0.717, 1.165) is 10.9 Å². The van der Waals surface area contributed by atoms with Gasteiger partial charge in [-0.15, -0.1) is 0 Å². The standard InChI is InChI=1S/C25H29BrClN3O3/c1-7-15(2)23-29-20-9-8-17(26)11-19(20)24(31)30(23)28-13-16-10-18(27)12-21(32-6)22(16)33-14-25(3,4)5/h8-13,15H,7,14H2,1-6H3/t15-/m1/s1. The Morgan fingerprint density at radius 1 is 1.27 bits per heavy atom. The molecule has 33 heavy (non-hydrogen) atoms. The third-order valence-electron chi connectivity index (χ3n) is 5.12. The van der Waals surface area contributed by atoms with E-state index in [1.807, 2.05) is 19.1 Å². The average molecular weight is 535 g/mol. The Labute approximate surface area is 207 Å². The van der Waals surface area contributed by atoms with Gasteiger partial charge in [-0.25, -0.2) is 4.98 Å². The van der Waals surface area contributed by atoms with E-state index in [1.165, 1.54) is 4.68 Å². The Hall–Kier alpha value is -2.38. The number of halogens is 2. The van der Waals surface area contributed by atoms with Gasteiger partial charge in [0.15, 0.2) is 11.5 Å². The van der Waals surface area contributed by atoms with Gasteiger partial charge in [0, 0.05) is 27.0 Å². The first-order valence-corrected chi connectivity index (χ1v) is 12.0. The Kier molecular flexibility index (Phi) is 7.85. The number of methoxy groups -OCH3 is 1. The van der Waals surface area contributed by atoms with Crippen molar-refractivity contribution in [2.24, 2.45) is 10.5 Å². The largest absolute Gasteiger partial charge is 0.493 e. The van der Waals surface area contributed by atoms with E-state index in [0.29, 0.717) is 45.4 Å². The fourth-order valence-corrected chi connectivity index (χ4v) is 3.76. The SMILES string of the molecule is CC[C@@H](C)c1nc2ccc(Br)cc2c(=O)n1N=Cc1cc(Cl)cc(OC)c1OCC(C)(C)C. The zero-order valence-electron chi connectivity index (χ0n) is 19.8. The molecule has 1 atom stereocenters. The Morgan fingerprint density at radius 3 is 2.64 bits per heavy atom. The predicted molar refractivity (Wildman–Crippen MR) is 138 cm³/mol. The normalized spacial score (nSPS) is 13.0. The van der Waals surface area contributed by atoms with Crippen molar-refractivity contribution in [3.05, 3.63) is 61.6 Å². The molecule has 6 nitrogen and oxygen atoms in total. The highest BCUT2D eigenvalue weighted by molar-refractivity contribution is 9.10. The lowest BCUT2D eigenvalue weighted by Crippen LogP contribution is -2.24. The van der Waals surface area contributed by atoms with Crippen LogP contribution >= 0.6 is 27.5 Å². The highest BCUT2D eigenvalue weighted by Gasteiger charge is 2.18. The van der Waals surface area contributed by atoms with Crippen LogP contribution in [0.2, 0.25) is 5.02 Å². The molecule has 3 aromatic rings. The van der Waals surface area contributed by atoms with Crippen molar-refractivity contribution in [3.63, 3.8) is 0 Å². The fourth-order valence-electron chi connectivity index (χ4n) is 3.18. The number of aromatic nitrogens is 2. The Morgan fingerprint density at radius 2 is 2.00 bits per heavy atom. The summed E-state index contributed by atoms with van der Waals surface area (Å²) in [4.78, 5) is 18.1. The van der Waals surface area contributed by atoms with Crippen LogP contribution in [0.25, 0.3) is 10.9 Å². The number of benzene rings is 2. The molecule has 0 aliphatic heterocycles. The van der Waals surface area contributed by atoms with Crippen LogP contribution in [0, 0.1) is 5.41 Å². The van der Waals surface area contributed by atoms with Crippen molar-refractivity contribution in [1.82, 2.24) is 9.66 Å². The molecular formula is C25H29BrClN3O3. The second kappa shape index (κ2) is 10.3. The van der Waals surface area contributed by atoms with Gasteiger partial charge >= 0.3 is 0 Å². The summed E-state index contributed by atoms with van der Waals surface area (Å²) in [6.07, 6.45) is 2.39. The van der Waals surface area contributed by atoms with Gasteiger partial charge in [-0.1, -0.05) is 62.1 Å². The quantitative estimate of drug-likeness (QED) is 0.319. The molecule has 1 heterocycles. The summed E-state index contributed by atoms with van der Waals surface area (Å²) < 4.78 is 13.8. The summed E-state index contributed by atoms with van der Waals surface area (Å²) in [6.45, 7) is 10.8. The minimum atomic E-state index is -0.237. The van der Waals surface area contributed by atoms with E-state index in [-0.39, 0.29) is 16.9 Å². The van der Waals surface area contributed by atoms with Crippen molar-refractivity contribution in [1.29, 1.82) is 0 Å². The number of hydrogen-bond donors (Lipinski definition) is 0. The molecule has 0 unspecified atom stereocenters. The molecule has 1 aromatic heterocycles. The molecule has 0 fully saturated rings. The molecule has 3 rings (SSSR count). The van der Waals surface area contributed by atoms with E-state index in [2.05, 4.69) is 48.7 Å². The van der Waals surface area contributed by atoms with E-state index in [4.69, 9.17) is 26.1 Å². The van der Waals surface area contributed by atoms with Gasteiger partial charge in [-0.2, -0.15) is 9.78 Å². The molecule has 2 aromatic carbocycles. The average Bonchev–Trinajstić information content (AvgIpc) is 2.76. The Balaban J connectivity index is 2.18. The van der Waals surface area contributed by atoms with Crippen molar-refractivity contribution in [2.75, 3.05) is 13.7 Å². The maximum atomic E-state index is 13.4. The highest BCUT2D eigenvalue weighted by Crippen LogP contribution is 2.35. The van der Waals surface area contributed by atoms with Crippen LogP contribution in [-0.2, 0) is 0 Å². The van der Waals surface area contributed by atoms with E-state index in [1.54, 1.807) is 31.5 Å². The van der Waals surface area contributed by atoms with Gasteiger partial charge in [0.05, 0.1) is 30.8 Å². The maximum absolute atomic E-state index is 13.4. The molecule has 0 radical (unpaired) electrons. The van der Waals surface area contributed by atoms with E-state index in [9.17, 15) is 4.79 Å². The molecule has 0 saturated heterocycles. The smallest absolute Gasteiger partial charge is 0.282 e. The van der Waals surface area contributed by atoms with Gasteiger partial charge in [-0.05, 0) is 36.1 Å². The predicted octanol–water partition coefficient (Wildman–Crippen LogP) is 6.64. The molecule has 176 valence electrons. The molecule has 0 amide bonds. The number of rotatable bonds is 7. The first-order valence-electron chi connectivity index (χ1n) is 10.8. The molecule has 0 aliphatic rings. The fraction of sp³-hybridized carbons (Fsp3) is 0.400. The molecule has 0 N–H and O–H groups in total. The monoisotopic (exact) mass is 533 g/mol. The van der Waals surface area contributed by atoms with Crippen LogP contribution in [0.4, 0.5) is 0 Å². The zero-order valence-corrected chi connectivity index (χ0v) is 22.1. The van der Waals surface area contributed by atoms with Gasteiger partial charge < -0.3 is 9.47 Å². The third kappa shape index (κ3) is 5.95. The lowest BCUT2D eigenvalue weighted by atomic mass is 9.98. The van der Waals surface area contributed by atoms with Crippen molar-refractivity contribution >= 4 is 44.6 Å². The van der Waals surface area contributed by atoms with Crippen LogP contribution < -0.4 is 15.0 Å². The first-order chi connectivity index (χ1) is 15.5. The minimum Gasteiger partial charge on any atom is -0.493 e. The summed E-state index contributed by atoms with van der Waals surface area (Å²) in [5, 5.41) is 5.52. The molecule has 8 heteroatoms. The third-order valence-corrected chi connectivity index (χ3v) is 5.83. The number of hydrogen-bond acceptors (Lipinski definition) is 5. The van der Waals surface area contributed by atoms with Gasteiger partial charge in [-0.3, -0.25) is 4.79 Å². The van der Waals surface area contributed by atoms with Crippen LogP contribution in [0.3, 0.4) is 0 Å². The number of fused-ring (bicyclic) bond motifs is 1. The second-order valence-corrected chi connectivity index (χ2v) is 10.5. The first kappa shape index (κ1) is 25.2. The van der Waals surface area contributed by atoms with Gasteiger partial charge in [0.25, 0.3) is 5.56 Å². The van der Waals surface area contributed by atoms with Gasteiger partial charge in [0.1, 0.15) is 5.82 Å². The van der Waals surface area contributed by atoms with Crippen LogP contribution in [0.1, 0.15) is 58.3 Å². The highest BCUT2D eigenvalue weighted by atomic mass is 79.9. The van der Waals surface area contributed by atoms with E-state index < -0.39 is 0 Å². The second-order valence-electron chi connectivity index (χ2n) is 9.18. The van der Waals surface area contributed by atoms with Crippen LogP contribution in [0.5, 0.6) is 11.5 Å². The van der Waals surface area contributed by atoms with Crippen molar-refractivity contribution in [2.45, 2.75) is 47.0 Å². The molecule has 0 bridgehead atoms.